The first kappa shape index (κ1) is 21.0. The van der Waals surface area contributed by atoms with Crippen molar-refractivity contribution in [1.82, 2.24) is 10.1 Å². The number of nitrogens with zero attached hydrogens (tertiary/aromatic N) is 2. The van der Waals surface area contributed by atoms with Crippen LogP contribution in [0.15, 0.2) is 38.1 Å². The van der Waals surface area contributed by atoms with Crippen LogP contribution in [0.25, 0.3) is 0 Å². The summed E-state index contributed by atoms with van der Waals surface area (Å²) in [5, 5.41) is 12.9. The number of aromatic nitrogens is 2. The number of aliphatic hydroxyl groups excluding tert-OH is 1. The molecule has 1 unspecified atom stereocenters. The van der Waals surface area contributed by atoms with Gasteiger partial charge in [0.2, 0.25) is 17.5 Å². The number of hydrogen-bond acceptors (Lipinski definition) is 8. The predicted molar refractivity (Wildman–Crippen MR) is 104 cm³/mol. The molecule has 11 heteroatoms. The number of Topliss-reactive ketones (excluding diaryl/α,β-unsaturated/α-hetero) is 2. The standard InChI is InChI=1S/C18H15Cl2N3O6/c1-8(7-24)10-5-15(21-6-14(10)26)28-16-11(19)2-9(3-12(16)20)4-13(25)17-22-18(27)29-23-17/h2-3,5,8,24H,4,6-7H2,1H3,(H,22,23,27). The van der Waals surface area contributed by atoms with Crippen LogP contribution in [0.4, 0.5) is 0 Å². The van der Waals surface area contributed by atoms with E-state index in [-0.39, 0.29) is 58.8 Å². The third-order valence-corrected chi connectivity index (χ3v) is 4.68. The molecule has 29 heavy (non-hydrogen) atoms. The smallest absolute Gasteiger partial charge is 0.436 e. The summed E-state index contributed by atoms with van der Waals surface area (Å²) in [4.78, 5) is 41.2. The lowest BCUT2D eigenvalue weighted by Gasteiger charge is -2.18. The van der Waals surface area contributed by atoms with E-state index < -0.39 is 11.5 Å². The van der Waals surface area contributed by atoms with Gasteiger partial charge in [-0.3, -0.25) is 19.1 Å². The number of carbonyl (C=O) groups is 2. The summed E-state index contributed by atoms with van der Waals surface area (Å²) in [6.07, 6.45) is 1.31. The van der Waals surface area contributed by atoms with E-state index in [1.165, 1.54) is 18.2 Å². The van der Waals surface area contributed by atoms with Crippen molar-refractivity contribution >= 4 is 40.7 Å². The maximum Gasteiger partial charge on any atom is 0.439 e. The number of nitrogens with one attached hydrogen (secondary N) is 1. The van der Waals surface area contributed by atoms with E-state index in [1.807, 2.05) is 0 Å². The molecule has 0 spiro atoms. The Morgan fingerprint density at radius 2 is 2.03 bits per heavy atom. The van der Waals surface area contributed by atoms with E-state index in [1.54, 1.807) is 6.92 Å². The molecule has 0 aliphatic carbocycles. The Labute approximate surface area is 174 Å². The van der Waals surface area contributed by atoms with Gasteiger partial charge < -0.3 is 9.84 Å². The summed E-state index contributed by atoms with van der Waals surface area (Å²) in [5.74, 6) is -1.85. The molecular weight excluding hydrogens is 425 g/mol. The van der Waals surface area contributed by atoms with Crippen molar-refractivity contribution in [3.63, 3.8) is 0 Å². The average molecular weight is 440 g/mol. The molecule has 0 amide bonds. The minimum absolute atomic E-state index is 0.108. The van der Waals surface area contributed by atoms with Crippen molar-refractivity contribution in [1.29, 1.82) is 0 Å². The largest absolute Gasteiger partial charge is 0.439 e. The Hall–Kier alpha value is -2.75. The maximum absolute atomic E-state index is 12.1. The number of aromatic amines is 1. The van der Waals surface area contributed by atoms with Crippen LogP contribution in [0.5, 0.6) is 5.75 Å². The highest BCUT2D eigenvalue weighted by molar-refractivity contribution is 6.37. The fourth-order valence-electron chi connectivity index (χ4n) is 2.61. The van der Waals surface area contributed by atoms with Gasteiger partial charge in [-0.15, -0.1) is 0 Å². The Kier molecular flexibility index (Phi) is 6.31. The molecular formula is C18H15Cl2N3O6. The van der Waals surface area contributed by atoms with Crippen molar-refractivity contribution in [2.45, 2.75) is 13.3 Å². The summed E-state index contributed by atoms with van der Waals surface area (Å²) in [6, 6.07) is 2.96. The number of aliphatic imine (C=N–C) groups is 1. The van der Waals surface area contributed by atoms with E-state index in [9.17, 15) is 19.5 Å². The minimum atomic E-state index is -0.831. The first-order chi connectivity index (χ1) is 13.8. The topological polar surface area (TPSA) is 135 Å². The molecule has 9 nitrogen and oxygen atoms in total. The summed E-state index contributed by atoms with van der Waals surface area (Å²) >= 11 is 12.5. The molecule has 2 N–H and O–H groups in total. The summed E-state index contributed by atoms with van der Waals surface area (Å²) in [7, 11) is 0. The summed E-state index contributed by atoms with van der Waals surface area (Å²) in [5.41, 5.74) is 0.862. The van der Waals surface area contributed by atoms with Gasteiger partial charge in [0.15, 0.2) is 11.5 Å². The number of carbonyl (C=O) groups excluding carboxylic acids is 2. The molecule has 0 radical (unpaired) electrons. The SMILES string of the molecule is CC(CO)C1=CC(Oc2c(Cl)cc(CC(=O)c3noc(=O)[nH]3)cc2Cl)=NCC1=O. The number of rotatable bonds is 6. The number of halogens is 2. The van der Waals surface area contributed by atoms with Gasteiger partial charge in [-0.2, -0.15) is 0 Å². The van der Waals surface area contributed by atoms with Crippen molar-refractivity contribution in [3.05, 3.63) is 55.8 Å². The predicted octanol–water partition coefficient (Wildman–Crippen LogP) is 2.01. The number of aliphatic hydroxyl groups is 1. The van der Waals surface area contributed by atoms with Gasteiger partial charge in [0.05, 0.1) is 10.0 Å². The second-order valence-corrected chi connectivity index (χ2v) is 7.11. The number of ketones is 2. The Morgan fingerprint density at radius 3 is 2.62 bits per heavy atom. The van der Waals surface area contributed by atoms with Crippen LogP contribution in [0.2, 0.25) is 10.0 Å². The average Bonchev–Trinajstić information content (AvgIpc) is 3.12. The third-order valence-electron chi connectivity index (χ3n) is 4.12. The lowest BCUT2D eigenvalue weighted by Crippen LogP contribution is -2.24. The molecule has 0 saturated heterocycles. The van der Waals surface area contributed by atoms with Crippen LogP contribution in [-0.2, 0) is 11.2 Å². The highest BCUT2D eigenvalue weighted by Gasteiger charge is 2.23. The number of ether oxygens (including phenoxy) is 1. The van der Waals surface area contributed by atoms with Crippen molar-refractivity contribution in [3.8, 4) is 5.75 Å². The summed E-state index contributed by atoms with van der Waals surface area (Å²) in [6.45, 7) is 1.41. The fraction of sp³-hybridized carbons (Fsp3) is 0.278. The quantitative estimate of drug-likeness (QED) is 0.656. The zero-order valence-corrected chi connectivity index (χ0v) is 16.6. The summed E-state index contributed by atoms with van der Waals surface area (Å²) < 4.78 is 9.96. The number of benzene rings is 1. The van der Waals surface area contributed by atoms with Crippen molar-refractivity contribution in [2.24, 2.45) is 10.9 Å². The van der Waals surface area contributed by atoms with Gasteiger partial charge in [0.25, 0.3) is 0 Å². The van der Waals surface area contributed by atoms with Crippen molar-refractivity contribution < 1.29 is 24.0 Å². The Bertz CT molecular complexity index is 1060. The fourth-order valence-corrected chi connectivity index (χ4v) is 3.22. The van der Waals surface area contributed by atoms with Gasteiger partial charge in [-0.25, -0.2) is 9.79 Å². The zero-order chi connectivity index (χ0) is 21.1. The Balaban J connectivity index is 1.79. The molecule has 1 aromatic heterocycles. The first-order valence-electron chi connectivity index (χ1n) is 8.43. The van der Waals surface area contributed by atoms with Crippen LogP contribution in [0.1, 0.15) is 23.1 Å². The molecule has 1 aliphatic heterocycles. The van der Waals surface area contributed by atoms with Crippen LogP contribution in [0, 0.1) is 5.92 Å². The molecule has 1 aromatic carbocycles. The second-order valence-electron chi connectivity index (χ2n) is 6.30. The number of H-pyrrole nitrogens is 1. The molecule has 0 saturated carbocycles. The van der Waals surface area contributed by atoms with Crippen molar-refractivity contribution in [2.75, 3.05) is 13.2 Å². The Morgan fingerprint density at radius 1 is 1.34 bits per heavy atom. The van der Waals surface area contributed by atoms with E-state index >= 15 is 0 Å². The van der Waals surface area contributed by atoms with Crippen LogP contribution < -0.4 is 10.5 Å². The first-order valence-corrected chi connectivity index (χ1v) is 9.19. The molecule has 1 atom stereocenters. The van der Waals surface area contributed by atoms with E-state index in [2.05, 4.69) is 19.7 Å². The molecule has 0 fully saturated rings. The van der Waals surface area contributed by atoms with E-state index in [0.717, 1.165) is 0 Å². The molecule has 152 valence electrons. The number of hydrogen-bond donors (Lipinski definition) is 2. The molecule has 2 heterocycles. The normalized spacial score (nSPS) is 15.0. The highest BCUT2D eigenvalue weighted by atomic mass is 35.5. The van der Waals surface area contributed by atoms with E-state index in [4.69, 9.17) is 27.9 Å². The van der Waals surface area contributed by atoms with Gasteiger partial charge >= 0.3 is 5.76 Å². The molecule has 1 aliphatic rings. The van der Waals surface area contributed by atoms with Crippen LogP contribution in [0.3, 0.4) is 0 Å². The van der Waals surface area contributed by atoms with E-state index in [0.29, 0.717) is 11.1 Å². The third kappa shape index (κ3) is 4.81. The van der Waals surface area contributed by atoms with Gasteiger partial charge in [0, 0.05) is 30.6 Å². The lowest BCUT2D eigenvalue weighted by molar-refractivity contribution is -0.115. The lowest BCUT2D eigenvalue weighted by atomic mass is 9.96. The zero-order valence-electron chi connectivity index (χ0n) is 15.1. The highest BCUT2D eigenvalue weighted by Crippen LogP contribution is 2.35. The molecule has 2 aromatic rings. The molecule has 3 rings (SSSR count). The monoisotopic (exact) mass is 439 g/mol. The van der Waals surface area contributed by atoms with Crippen LogP contribution in [-0.4, -0.2) is 45.9 Å². The second kappa shape index (κ2) is 8.73. The maximum atomic E-state index is 12.1. The van der Waals surface area contributed by atoms with Gasteiger partial charge in [0.1, 0.15) is 6.54 Å². The van der Waals surface area contributed by atoms with Gasteiger partial charge in [-0.1, -0.05) is 35.3 Å². The minimum Gasteiger partial charge on any atom is -0.436 e. The van der Waals surface area contributed by atoms with Crippen LogP contribution >= 0.6 is 23.2 Å². The van der Waals surface area contributed by atoms with Gasteiger partial charge in [-0.05, 0) is 17.7 Å². The number of dihydropyridines is 1. The molecule has 0 bridgehead atoms.